The largest absolute Gasteiger partial charge is 0.466 e. The molecule has 1 aromatic carbocycles. The second-order valence-electron chi connectivity index (χ2n) is 3.39. The molecule has 1 rings (SSSR count). The lowest BCUT2D eigenvalue weighted by atomic mass is 10.2. The highest BCUT2D eigenvalue weighted by Crippen LogP contribution is 2.12. The number of nitriles is 1. The van der Waals surface area contributed by atoms with Gasteiger partial charge in [-0.15, -0.1) is 0 Å². The van der Waals surface area contributed by atoms with E-state index < -0.39 is 11.9 Å². The fourth-order valence-corrected chi connectivity index (χ4v) is 1.22. The number of esters is 2. The van der Waals surface area contributed by atoms with E-state index in [9.17, 15) is 9.59 Å². The number of anilines is 1. The SMILES string of the molecule is COC(=O)/C=C(\Nc1ccc(C#N)cc1)C(=O)OC. The molecule has 0 saturated carbocycles. The molecule has 0 radical (unpaired) electrons. The molecule has 6 heteroatoms. The monoisotopic (exact) mass is 260 g/mol. The molecule has 0 atom stereocenters. The molecule has 19 heavy (non-hydrogen) atoms. The lowest BCUT2D eigenvalue weighted by Gasteiger charge is -2.08. The van der Waals surface area contributed by atoms with E-state index in [1.807, 2.05) is 6.07 Å². The van der Waals surface area contributed by atoms with Crippen molar-refractivity contribution in [2.24, 2.45) is 0 Å². The number of carbonyl (C=O) groups excluding carboxylic acids is 2. The zero-order valence-corrected chi connectivity index (χ0v) is 10.5. The van der Waals surface area contributed by atoms with Crippen molar-refractivity contribution in [3.63, 3.8) is 0 Å². The van der Waals surface area contributed by atoms with E-state index >= 15 is 0 Å². The minimum atomic E-state index is -0.699. The number of hydrogen-bond donors (Lipinski definition) is 1. The summed E-state index contributed by atoms with van der Waals surface area (Å²) in [5.74, 6) is -1.38. The van der Waals surface area contributed by atoms with Crippen molar-refractivity contribution < 1.29 is 19.1 Å². The van der Waals surface area contributed by atoms with E-state index in [2.05, 4.69) is 14.8 Å². The van der Waals surface area contributed by atoms with E-state index in [0.29, 0.717) is 11.3 Å². The Balaban J connectivity index is 2.94. The molecule has 0 aliphatic carbocycles. The van der Waals surface area contributed by atoms with Gasteiger partial charge in [0, 0.05) is 5.69 Å². The van der Waals surface area contributed by atoms with Crippen molar-refractivity contribution in [2.75, 3.05) is 19.5 Å². The summed E-state index contributed by atoms with van der Waals surface area (Å²) in [6, 6.07) is 8.34. The van der Waals surface area contributed by atoms with Crippen LogP contribution in [0.25, 0.3) is 0 Å². The Morgan fingerprint density at radius 2 is 1.84 bits per heavy atom. The first-order valence-corrected chi connectivity index (χ1v) is 5.26. The van der Waals surface area contributed by atoms with Gasteiger partial charge in [0.1, 0.15) is 5.70 Å². The number of rotatable bonds is 4. The third-order valence-corrected chi connectivity index (χ3v) is 2.16. The quantitative estimate of drug-likeness (QED) is 0.646. The van der Waals surface area contributed by atoms with Crippen LogP contribution >= 0.6 is 0 Å². The first-order chi connectivity index (χ1) is 9.10. The Labute approximate surface area is 110 Å². The van der Waals surface area contributed by atoms with Gasteiger partial charge < -0.3 is 14.8 Å². The van der Waals surface area contributed by atoms with E-state index in [4.69, 9.17) is 5.26 Å². The van der Waals surface area contributed by atoms with E-state index in [1.165, 1.54) is 14.2 Å². The fourth-order valence-electron chi connectivity index (χ4n) is 1.22. The van der Waals surface area contributed by atoms with Gasteiger partial charge in [0.25, 0.3) is 0 Å². The summed E-state index contributed by atoms with van der Waals surface area (Å²) in [7, 11) is 2.41. The lowest BCUT2D eigenvalue weighted by Crippen LogP contribution is -2.15. The van der Waals surface area contributed by atoms with Gasteiger partial charge in [-0.3, -0.25) is 0 Å². The van der Waals surface area contributed by atoms with Crippen LogP contribution in [0.3, 0.4) is 0 Å². The molecule has 0 heterocycles. The normalized spacial score (nSPS) is 10.3. The molecule has 0 amide bonds. The molecule has 1 N–H and O–H groups in total. The number of ether oxygens (including phenoxy) is 2. The van der Waals surface area contributed by atoms with Crippen LogP contribution in [0.1, 0.15) is 5.56 Å². The summed E-state index contributed by atoms with van der Waals surface area (Å²) < 4.78 is 8.99. The van der Waals surface area contributed by atoms with Crippen molar-refractivity contribution in [3.8, 4) is 6.07 Å². The smallest absolute Gasteiger partial charge is 0.354 e. The molecule has 0 spiro atoms. The molecule has 1 aromatic rings. The van der Waals surface area contributed by atoms with Crippen LogP contribution in [0, 0.1) is 11.3 Å². The Kier molecular flexibility index (Phi) is 5.11. The van der Waals surface area contributed by atoms with Gasteiger partial charge in [-0.2, -0.15) is 5.26 Å². The maximum absolute atomic E-state index is 11.5. The van der Waals surface area contributed by atoms with Crippen molar-refractivity contribution in [1.82, 2.24) is 0 Å². The molecule has 0 bridgehead atoms. The van der Waals surface area contributed by atoms with Crippen LogP contribution in [-0.4, -0.2) is 26.2 Å². The topological polar surface area (TPSA) is 88.4 Å². The zero-order valence-electron chi connectivity index (χ0n) is 10.5. The highest BCUT2D eigenvalue weighted by Gasteiger charge is 2.12. The summed E-state index contributed by atoms with van der Waals surface area (Å²) >= 11 is 0. The van der Waals surface area contributed by atoms with Crippen LogP contribution in [0.15, 0.2) is 36.0 Å². The van der Waals surface area contributed by atoms with E-state index in [-0.39, 0.29) is 5.70 Å². The van der Waals surface area contributed by atoms with Crippen molar-refractivity contribution >= 4 is 17.6 Å². The van der Waals surface area contributed by atoms with Crippen molar-refractivity contribution in [2.45, 2.75) is 0 Å². The van der Waals surface area contributed by atoms with Crippen LogP contribution in [-0.2, 0) is 19.1 Å². The van der Waals surface area contributed by atoms with Gasteiger partial charge in [-0.05, 0) is 24.3 Å². The number of nitrogens with one attached hydrogen (secondary N) is 1. The summed E-state index contributed by atoms with van der Waals surface area (Å²) in [4.78, 5) is 22.6. The second kappa shape index (κ2) is 6.81. The standard InChI is InChI=1S/C13H12N2O4/c1-18-12(16)7-11(13(17)19-2)15-10-5-3-9(8-14)4-6-10/h3-7,15H,1-2H3/b11-7-. The van der Waals surface area contributed by atoms with Crippen LogP contribution in [0.5, 0.6) is 0 Å². The molecule has 0 saturated heterocycles. The number of benzene rings is 1. The van der Waals surface area contributed by atoms with E-state index in [0.717, 1.165) is 6.08 Å². The molecule has 0 aliphatic heterocycles. The molecule has 0 fully saturated rings. The molecular weight excluding hydrogens is 248 g/mol. The Hall–Kier alpha value is -2.81. The number of methoxy groups -OCH3 is 2. The predicted octanol–water partition coefficient (Wildman–Crippen LogP) is 1.20. The van der Waals surface area contributed by atoms with Gasteiger partial charge in [-0.25, -0.2) is 9.59 Å². The molecule has 0 aromatic heterocycles. The van der Waals surface area contributed by atoms with Gasteiger partial charge in [-0.1, -0.05) is 0 Å². The molecular formula is C13H12N2O4. The van der Waals surface area contributed by atoms with Gasteiger partial charge in [0.05, 0.1) is 31.9 Å². The Morgan fingerprint density at radius 1 is 1.21 bits per heavy atom. The summed E-state index contributed by atoms with van der Waals surface area (Å²) in [5, 5.41) is 11.4. The fraction of sp³-hybridized carbons (Fsp3) is 0.154. The second-order valence-corrected chi connectivity index (χ2v) is 3.39. The third-order valence-electron chi connectivity index (χ3n) is 2.16. The van der Waals surface area contributed by atoms with Crippen LogP contribution in [0.4, 0.5) is 5.69 Å². The van der Waals surface area contributed by atoms with Crippen LogP contribution in [0.2, 0.25) is 0 Å². The maximum Gasteiger partial charge on any atom is 0.354 e. The summed E-state index contributed by atoms with van der Waals surface area (Å²) in [6.45, 7) is 0. The summed E-state index contributed by atoms with van der Waals surface area (Å²) in [6.07, 6.45) is 0.990. The highest BCUT2D eigenvalue weighted by atomic mass is 16.5. The highest BCUT2D eigenvalue weighted by molar-refractivity contribution is 5.98. The van der Waals surface area contributed by atoms with E-state index in [1.54, 1.807) is 24.3 Å². The Morgan fingerprint density at radius 3 is 2.32 bits per heavy atom. The zero-order chi connectivity index (χ0) is 14.3. The number of hydrogen-bond acceptors (Lipinski definition) is 6. The minimum absolute atomic E-state index is 0.0564. The average molecular weight is 260 g/mol. The molecule has 0 unspecified atom stereocenters. The van der Waals surface area contributed by atoms with Crippen molar-refractivity contribution in [3.05, 3.63) is 41.6 Å². The first-order valence-electron chi connectivity index (χ1n) is 5.26. The van der Waals surface area contributed by atoms with Gasteiger partial charge in [0.15, 0.2) is 0 Å². The average Bonchev–Trinajstić information content (AvgIpc) is 2.46. The third kappa shape index (κ3) is 4.16. The molecule has 6 nitrogen and oxygen atoms in total. The van der Waals surface area contributed by atoms with Crippen LogP contribution < -0.4 is 5.32 Å². The number of carbonyl (C=O) groups is 2. The number of nitrogens with zero attached hydrogens (tertiary/aromatic N) is 1. The molecule has 98 valence electrons. The van der Waals surface area contributed by atoms with Gasteiger partial charge in [0.2, 0.25) is 0 Å². The molecule has 0 aliphatic rings. The van der Waals surface area contributed by atoms with Gasteiger partial charge >= 0.3 is 11.9 Å². The van der Waals surface area contributed by atoms with Crippen molar-refractivity contribution in [1.29, 1.82) is 5.26 Å². The Bertz CT molecular complexity index is 541. The maximum atomic E-state index is 11.5. The lowest BCUT2D eigenvalue weighted by molar-refractivity contribution is -0.138. The first kappa shape index (κ1) is 14.3. The predicted molar refractivity (Wildman–Crippen MR) is 66.9 cm³/mol. The minimum Gasteiger partial charge on any atom is -0.466 e. The summed E-state index contributed by atoms with van der Waals surface area (Å²) in [5.41, 5.74) is 0.973.